The summed E-state index contributed by atoms with van der Waals surface area (Å²) >= 11 is 1.24. The van der Waals surface area contributed by atoms with Crippen LogP contribution >= 0.6 is 11.3 Å². The smallest absolute Gasteiger partial charge is 0.266 e. The predicted octanol–water partition coefficient (Wildman–Crippen LogP) is 2.81. The molecule has 6 nitrogen and oxygen atoms in total. The SMILES string of the molecule is CC(C)CN1C[C@H](OCc2ccccc2F)CN(C(=O)c2cncs2)CC1=O. The zero-order chi connectivity index (χ0) is 20.1. The molecule has 0 aliphatic carbocycles. The monoisotopic (exact) mass is 405 g/mol. The average molecular weight is 405 g/mol. The molecule has 0 saturated carbocycles. The molecule has 0 unspecified atom stereocenters. The van der Waals surface area contributed by atoms with Gasteiger partial charge in [0.1, 0.15) is 17.2 Å². The standard InChI is InChI=1S/C20H24FN3O3S/c1-14(2)8-23-9-16(27-12-15-5-3-4-6-17(15)21)10-24(11-19(23)25)20(26)18-7-22-13-28-18/h3-7,13-14,16H,8-12H2,1-2H3/t16-/m0/s1. The molecule has 1 aromatic carbocycles. The Morgan fingerprint density at radius 2 is 2.14 bits per heavy atom. The van der Waals surface area contributed by atoms with Crippen molar-refractivity contribution in [3.05, 3.63) is 52.2 Å². The number of hydrogen-bond acceptors (Lipinski definition) is 5. The van der Waals surface area contributed by atoms with Crippen molar-refractivity contribution < 1.29 is 18.7 Å². The molecule has 0 bridgehead atoms. The molecule has 1 aliphatic rings. The molecular weight excluding hydrogens is 381 g/mol. The van der Waals surface area contributed by atoms with Crippen LogP contribution in [0, 0.1) is 11.7 Å². The van der Waals surface area contributed by atoms with Gasteiger partial charge in [0.25, 0.3) is 5.91 Å². The van der Waals surface area contributed by atoms with Crippen molar-refractivity contribution in [2.75, 3.05) is 26.2 Å². The number of rotatable bonds is 6. The highest BCUT2D eigenvalue weighted by Gasteiger charge is 2.32. The van der Waals surface area contributed by atoms with E-state index in [9.17, 15) is 14.0 Å². The summed E-state index contributed by atoms with van der Waals surface area (Å²) < 4.78 is 19.9. The Morgan fingerprint density at radius 1 is 1.36 bits per heavy atom. The largest absolute Gasteiger partial charge is 0.370 e. The van der Waals surface area contributed by atoms with Gasteiger partial charge < -0.3 is 14.5 Å². The minimum absolute atomic E-state index is 0.00299. The second kappa shape index (κ2) is 9.25. The lowest BCUT2D eigenvalue weighted by molar-refractivity contribution is -0.132. The second-order valence-corrected chi connectivity index (χ2v) is 8.15. The fraction of sp³-hybridized carbons (Fsp3) is 0.450. The van der Waals surface area contributed by atoms with Crippen LogP contribution in [-0.2, 0) is 16.1 Å². The topological polar surface area (TPSA) is 62.7 Å². The molecule has 8 heteroatoms. The summed E-state index contributed by atoms with van der Waals surface area (Å²) in [5, 5.41) is 0. The molecule has 1 atom stereocenters. The highest BCUT2D eigenvalue weighted by Crippen LogP contribution is 2.17. The summed E-state index contributed by atoms with van der Waals surface area (Å²) in [6.45, 7) is 5.39. The van der Waals surface area contributed by atoms with Gasteiger partial charge in [0.2, 0.25) is 5.91 Å². The molecule has 0 spiro atoms. The van der Waals surface area contributed by atoms with Gasteiger partial charge in [-0.3, -0.25) is 14.6 Å². The fourth-order valence-corrected chi connectivity index (χ4v) is 3.74. The van der Waals surface area contributed by atoms with E-state index < -0.39 is 6.10 Å². The normalized spacial score (nSPS) is 17.9. The lowest BCUT2D eigenvalue weighted by Crippen LogP contribution is -2.40. The summed E-state index contributed by atoms with van der Waals surface area (Å²) in [5.74, 6) is -0.381. The molecule has 1 saturated heterocycles. The first-order chi connectivity index (χ1) is 13.4. The lowest BCUT2D eigenvalue weighted by atomic mass is 10.2. The number of hydrogen-bond donors (Lipinski definition) is 0. The van der Waals surface area contributed by atoms with Gasteiger partial charge in [0.15, 0.2) is 0 Å². The number of aromatic nitrogens is 1. The summed E-state index contributed by atoms with van der Waals surface area (Å²) in [6.07, 6.45) is 1.10. The van der Waals surface area contributed by atoms with E-state index in [1.807, 2.05) is 13.8 Å². The Balaban J connectivity index is 1.76. The number of thiazole rings is 1. The lowest BCUT2D eigenvalue weighted by Gasteiger charge is -2.26. The highest BCUT2D eigenvalue weighted by molar-refractivity contribution is 7.11. The van der Waals surface area contributed by atoms with E-state index in [1.54, 1.807) is 28.6 Å². The van der Waals surface area contributed by atoms with E-state index in [1.165, 1.54) is 28.5 Å². The Labute approximate surface area is 167 Å². The third-order valence-electron chi connectivity index (χ3n) is 4.48. The molecule has 1 aliphatic heterocycles. The number of halogens is 1. The summed E-state index contributed by atoms with van der Waals surface area (Å²) in [4.78, 5) is 33.1. The van der Waals surface area contributed by atoms with Crippen LogP contribution in [0.2, 0.25) is 0 Å². The van der Waals surface area contributed by atoms with Gasteiger partial charge in [0.05, 0.1) is 24.4 Å². The van der Waals surface area contributed by atoms with Crippen molar-refractivity contribution in [3.63, 3.8) is 0 Å². The maximum absolute atomic E-state index is 13.9. The maximum Gasteiger partial charge on any atom is 0.266 e. The molecule has 2 aromatic rings. The number of nitrogens with zero attached hydrogens (tertiary/aromatic N) is 3. The number of ether oxygens (including phenoxy) is 1. The van der Waals surface area contributed by atoms with Crippen molar-refractivity contribution >= 4 is 23.2 Å². The summed E-state index contributed by atoms with van der Waals surface area (Å²) in [5.41, 5.74) is 2.04. The number of carbonyl (C=O) groups is 2. The number of amides is 2. The maximum atomic E-state index is 13.9. The van der Waals surface area contributed by atoms with Crippen molar-refractivity contribution in [3.8, 4) is 0 Å². The van der Waals surface area contributed by atoms with Crippen LogP contribution < -0.4 is 0 Å². The molecule has 2 heterocycles. The van der Waals surface area contributed by atoms with Crippen LogP contribution in [0.15, 0.2) is 36.0 Å². The van der Waals surface area contributed by atoms with E-state index in [2.05, 4.69) is 4.98 Å². The molecule has 0 N–H and O–H groups in total. The van der Waals surface area contributed by atoms with Gasteiger partial charge >= 0.3 is 0 Å². The Kier molecular flexibility index (Phi) is 6.74. The Morgan fingerprint density at radius 3 is 2.82 bits per heavy atom. The molecule has 1 aromatic heterocycles. The Hall–Kier alpha value is -2.32. The van der Waals surface area contributed by atoms with Gasteiger partial charge in [-0.2, -0.15) is 0 Å². The molecule has 1 fully saturated rings. The third-order valence-corrected chi connectivity index (χ3v) is 5.24. The molecular formula is C20H24FN3O3S. The molecule has 3 rings (SSSR count). The first-order valence-corrected chi connectivity index (χ1v) is 10.1. The number of benzene rings is 1. The Bertz CT molecular complexity index is 813. The molecule has 28 heavy (non-hydrogen) atoms. The molecule has 0 radical (unpaired) electrons. The summed E-state index contributed by atoms with van der Waals surface area (Å²) in [7, 11) is 0. The van der Waals surface area contributed by atoms with Crippen molar-refractivity contribution in [2.45, 2.75) is 26.6 Å². The van der Waals surface area contributed by atoms with Crippen LogP contribution in [0.25, 0.3) is 0 Å². The first-order valence-electron chi connectivity index (χ1n) is 9.24. The van der Waals surface area contributed by atoms with E-state index in [0.717, 1.165) is 0 Å². The van der Waals surface area contributed by atoms with Gasteiger partial charge in [-0.1, -0.05) is 32.0 Å². The van der Waals surface area contributed by atoms with Crippen LogP contribution in [0.4, 0.5) is 4.39 Å². The highest BCUT2D eigenvalue weighted by atomic mass is 32.1. The molecule has 2 amide bonds. The van der Waals surface area contributed by atoms with Gasteiger partial charge in [-0.15, -0.1) is 11.3 Å². The van der Waals surface area contributed by atoms with Gasteiger partial charge in [-0.05, 0) is 12.0 Å². The van der Waals surface area contributed by atoms with Crippen LogP contribution in [0.3, 0.4) is 0 Å². The zero-order valence-corrected chi connectivity index (χ0v) is 16.8. The van der Waals surface area contributed by atoms with E-state index in [0.29, 0.717) is 29.4 Å². The number of carbonyl (C=O) groups excluding carboxylic acids is 2. The van der Waals surface area contributed by atoms with Gasteiger partial charge in [0, 0.05) is 25.2 Å². The minimum atomic E-state index is -0.401. The van der Waals surface area contributed by atoms with Crippen molar-refractivity contribution in [2.24, 2.45) is 5.92 Å². The van der Waals surface area contributed by atoms with Crippen LogP contribution in [0.5, 0.6) is 0 Å². The van der Waals surface area contributed by atoms with E-state index in [-0.39, 0.29) is 37.3 Å². The van der Waals surface area contributed by atoms with Crippen LogP contribution in [-0.4, -0.2) is 58.9 Å². The quantitative estimate of drug-likeness (QED) is 0.741. The predicted molar refractivity (Wildman–Crippen MR) is 104 cm³/mol. The van der Waals surface area contributed by atoms with Crippen molar-refractivity contribution in [1.29, 1.82) is 0 Å². The van der Waals surface area contributed by atoms with E-state index in [4.69, 9.17) is 4.74 Å². The van der Waals surface area contributed by atoms with Crippen LogP contribution in [0.1, 0.15) is 29.1 Å². The molecule has 150 valence electrons. The zero-order valence-electron chi connectivity index (χ0n) is 16.0. The fourth-order valence-electron chi connectivity index (χ4n) is 3.16. The van der Waals surface area contributed by atoms with E-state index >= 15 is 0 Å². The van der Waals surface area contributed by atoms with Crippen molar-refractivity contribution in [1.82, 2.24) is 14.8 Å². The first kappa shape index (κ1) is 20.4. The average Bonchev–Trinajstić information content (AvgIpc) is 3.14. The third kappa shape index (κ3) is 5.14. The summed E-state index contributed by atoms with van der Waals surface area (Å²) in [6, 6.07) is 6.44. The van der Waals surface area contributed by atoms with Gasteiger partial charge in [-0.25, -0.2) is 4.39 Å². The minimum Gasteiger partial charge on any atom is -0.370 e. The second-order valence-electron chi connectivity index (χ2n) is 7.27.